The first-order chi connectivity index (χ1) is 16.3. The summed E-state index contributed by atoms with van der Waals surface area (Å²) in [6.45, 7) is 11.0. The number of hydrogen-bond donors (Lipinski definition) is 4. The van der Waals surface area contributed by atoms with Crippen molar-refractivity contribution >= 4 is 24.0 Å². The standard InChI is InChI=1S/C26H41N3OS.CH5NO/c1-21(2)9-6-10-22(3)11-7-12-23(4)13-8-14-24(5)15-18-31-20-25(19-30)29-26-27-16-17-28-26;1-2-3/h9,11,13,15-17,19,25H,6-8,10,12,14,18,20H2,1-5H3,(H2,27,28,29);2-3H,1H3/b22-11+,23-13+,24-15+;. The van der Waals surface area contributed by atoms with E-state index in [4.69, 9.17) is 5.21 Å². The van der Waals surface area contributed by atoms with E-state index in [2.05, 4.69) is 74.2 Å². The summed E-state index contributed by atoms with van der Waals surface area (Å²) in [5, 5.41) is 10.4. The minimum absolute atomic E-state index is 0.222. The minimum atomic E-state index is -0.222. The Bertz CT molecular complexity index is 764. The number of carbonyl (C=O) groups is 1. The number of nitrogens with zero attached hydrogens (tertiary/aromatic N) is 1. The van der Waals surface area contributed by atoms with Crippen LogP contribution in [0.15, 0.2) is 59.0 Å². The second-order valence-electron chi connectivity index (χ2n) is 8.63. The predicted octanol–water partition coefficient (Wildman–Crippen LogP) is 6.86. The number of hydrogen-bond acceptors (Lipinski definition) is 6. The molecule has 0 aliphatic rings. The maximum Gasteiger partial charge on any atom is 0.200 e. The van der Waals surface area contributed by atoms with Crippen molar-refractivity contribution in [3.05, 3.63) is 59.0 Å². The zero-order chi connectivity index (χ0) is 25.6. The van der Waals surface area contributed by atoms with Crippen molar-refractivity contribution in [2.75, 3.05) is 23.9 Å². The fourth-order valence-electron chi connectivity index (χ4n) is 3.02. The lowest BCUT2D eigenvalue weighted by molar-refractivity contribution is -0.108. The topological polar surface area (TPSA) is 90.0 Å². The summed E-state index contributed by atoms with van der Waals surface area (Å²) in [4.78, 5) is 18.3. The zero-order valence-corrected chi connectivity index (χ0v) is 22.8. The SMILES string of the molecule is CC(C)=CCC/C(C)=C/CC/C(C)=C/CC/C(C)=C/CSCC(C=O)Nc1ncc[nH]1.CNO. The number of nitrogens with one attached hydrogen (secondary N) is 3. The highest BCUT2D eigenvalue weighted by Gasteiger charge is 2.07. The smallest absolute Gasteiger partial charge is 0.200 e. The van der Waals surface area contributed by atoms with Crippen LogP contribution in [0.3, 0.4) is 0 Å². The van der Waals surface area contributed by atoms with Gasteiger partial charge in [-0.1, -0.05) is 46.6 Å². The monoisotopic (exact) mass is 490 g/mol. The summed E-state index contributed by atoms with van der Waals surface area (Å²) >= 11 is 1.76. The van der Waals surface area contributed by atoms with Crippen molar-refractivity contribution in [3.8, 4) is 0 Å². The molecule has 4 N–H and O–H groups in total. The van der Waals surface area contributed by atoms with Gasteiger partial charge in [0.2, 0.25) is 5.95 Å². The molecular formula is C27H46N4O2S. The molecule has 6 nitrogen and oxygen atoms in total. The lowest BCUT2D eigenvalue weighted by atomic mass is 10.0. The van der Waals surface area contributed by atoms with Gasteiger partial charge in [-0.3, -0.25) is 0 Å². The summed E-state index contributed by atoms with van der Waals surface area (Å²) in [7, 11) is 1.43. The van der Waals surface area contributed by atoms with Crippen molar-refractivity contribution in [2.24, 2.45) is 0 Å². The molecule has 0 amide bonds. The number of hydroxylamine groups is 1. The molecule has 192 valence electrons. The molecule has 0 aromatic carbocycles. The molecule has 0 saturated heterocycles. The third kappa shape index (κ3) is 19.4. The van der Waals surface area contributed by atoms with Crippen LogP contribution in [-0.4, -0.2) is 46.1 Å². The van der Waals surface area contributed by atoms with Gasteiger partial charge in [0.05, 0.1) is 6.04 Å². The largest absolute Gasteiger partial charge is 0.345 e. The first-order valence-corrected chi connectivity index (χ1v) is 13.2. The molecule has 1 rings (SSSR count). The van der Waals surface area contributed by atoms with Crippen LogP contribution in [0.1, 0.15) is 73.1 Å². The van der Waals surface area contributed by atoms with Crippen molar-refractivity contribution < 1.29 is 10.0 Å². The predicted molar refractivity (Wildman–Crippen MR) is 149 cm³/mol. The number of imidazole rings is 1. The van der Waals surface area contributed by atoms with E-state index in [1.54, 1.807) is 29.6 Å². The van der Waals surface area contributed by atoms with Crippen LogP contribution in [0.25, 0.3) is 0 Å². The molecule has 1 aromatic rings. The number of H-pyrrole nitrogens is 1. The quantitative estimate of drug-likeness (QED) is 0.0875. The average molecular weight is 491 g/mol. The molecule has 1 aromatic heterocycles. The Hall–Kier alpha value is -2.09. The average Bonchev–Trinajstić information content (AvgIpc) is 3.29. The fourth-order valence-corrected chi connectivity index (χ4v) is 3.97. The van der Waals surface area contributed by atoms with Gasteiger partial charge in [0.15, 0.2) is 0 Å². The van der Waals surface area contributed by atoms with Crippen molar-refractivity contribution in [1.29, 1.82) is 0 Å². The third-order valence-electron chi connectivity index (χ3n) is 4.99. The number of aldehydes is 1. The van der Waals surface area contributed by atoms with Crippen LogP contribution in [0.2, 0.25) is 0 Å². The van der Waals surface area contributed by atoms with Gasteiger partial charge in [-0.2, -0.15) is 11.8 Å². The number of rotatable bonds is 16. The van der Waals surface area contributed by atoms with Crippen LogP contribution < -0.4 is 10.8 Å². The van der Waals surface area contributed by atoms with Crippen molar-refractivity contribution in [3.63, 3.8) is 0 Å². The van der Waals surface area contributed by atoms with Crippen molar-refractivity contribution in [2.45, 2.75) is 79.2 Å². The molecule has 0 aliphatic heterocycles. The Kier molecular flexibility index (Phi) is 20.1. The van der Waals surface area contributed by atoms with E-state index in [1.165, 1.54) is 35.8 Å². The number of carbonyl (C=O) groups excluding carboxylic acids is 1. The lowest BCUT2D eigenvalue weighted by Gasteiger charge is -2.10. The van der Waals surface area contributed by atoms with Gasteiger partial charge in [0, 0.05) is 30.9 Å². The van der Waals surface area contributed by atoms with E-state index in [-0.39, 0.29) is 6.04 Å². The highest BCUT2D eigenvalue weighted by atomic mass is 32.2. The molecule has 0 fully saturated rings. The first-order valence-electron chi connectivity index (χ1n) is 12.0. The van der Waals surface area contributed by atoms with Crippen LogP contribution >= 0.6 is 11.8 Å². The molecule has 1 atom stereocenters. The fraction of sp³-hybridized carbons (Fsp3) is 0.556. The Morgan fingerprint density at radius 1 is 1.00 bits per heavy atom. The van der Waals surface area contributed by atoms with Gasteiger partial charge in [-0.05, 0) is 73.1 Å². The van der Waals surface area contributed by atoms with E-state index in [0.717, 1.165) is 49.9 Å². The Morgan fingerprint density at radius 2 is 1.53 bits per heavy atom. The molecule has 7 heteroatoms. The summed E-state index contributed by atoms with van der Waals surface area (Å²) in [5.41, 5.74) is 7.54. The maximum atomic E-state index is 11.2. The van der Waals surface area contributed by atoms with Gasteiger partial charge in [-0.15, -0.1) is 0 Å². The summed E-state index contributed by atoms with van der Waals surface area (Å²) in [6.07, 6.45) is 20.5. The molecule has 0 bridgehead atoms. The van der Waals surface area contributed by atoms with Gasteiger partial charge >= 0.3 is 0 Å². The third-order valence-corrected chi connectivity index (χ3v) is 5.98. The molecule has 0 saturated carbocycles. The zero-order valence-electron chi connectivity index (χ0n) is 22.0. The molecule has 1 heterocycles. The Balaban J connectivity index is 0.00000343. The molecule has 34 heavy (non-hydrogen) atoms. The first kappa shape index (κ1) is 31.9. The summed E-state index contributed by atoms with van der Waals surface area (Å²) in [5.74, 6) is 2.30. The summed E-state index contributed by atoms with van der Waals surface area (Å²) in [6, 6.07) is -0.222. The minimum Gasteiger partial charge on any atom is -0.345 e. The second-order valence-corrected chi connectivity index (χ2v) is 9.71. The van der Waals surface area contributed by atoms with Gasteiger partial charge in [-0.25, -0.2) is 10.5 Å². The van der Waals surface area contributed by atoms with E-state index in [9.17, 15) is 4.79 Å². The molecule has 0 radical (unpaired) electrons. The maximum absolute atomic E-state index is 11.2. The Morgan fingerprint density at radius 3 is 2.00 bits per heavy atom. The number of aromatic nitrogens is 2. The normalized spacial score (nSPS) is 13.1. The summed E-state index contributed by atoms with van der Waals surface area (Å²) < 4.78 is 0. The van der Waals surface area contributed by atoms with E-state index < -0.39 is 0 Å². The van der Waals surface area contributed by atoms with E-state index in [1.807, 2.05) is 0 Å². The van der Waals surface area contributed by atoms with Crippen LogP contribution in [0.5, 0.6) is 0 Å². The number of anilines is 1. The van der Waals surface area contributed by atoms with Gasteiger partial charge in [0.1, 0.15) is 6.29 Å². The Labute approximate surface area is 211 Å². The number of thioether (sulfide) groups is 1. The molecule has 0 spiro atoms. The van der Waals surface area contributed by atoms with E-state index in [0.29, 0.717) is 5.95 Å². The number of aromatic amines is 1. The van der Waals surface area contributed by atoms with Crippen LogP contribution in [-0.2, 0) is 4.79 Å². The highest BCUT2D eigenvalue weighted by molar-refractivity contribution is 7.99. The molecule has 0 aliphatic carbocycles. The van der Waals surface area contributed by atoms with E-state index >= 15 is 0 Å². The van der Waals surface area contributed by atoms with Crippen molar-refractivity contribution in [1.82, 2.24) is 15.4 Å². The second kappa shape index (κ2) is 21.4. The van der Waals surface area contributed by atoms with Gasteiger partial charge < -0.3 is 20.3 Å². The van der Waals surface area contributed by atoms with Crippen LogP contribution in [0.4, 0.5) is 5.95 Å². The molecular weight excluding hydrogens is 444 g/mol. The number of allylic oxidation sites excluding steroid dienone is 7. The molecule has 1 unspecified atom stereocenters. The van der Waals surface area contributed by atoms with Gasteiger partial charge in [0.25, 0.3) is 0 Å². The highest BCUT2D eigenvalue weighted by Crippen LogP contribution is 2.14. The van der Waals surface area contributed by atoms with Crippen LogP contribution in [0, 0.1) is 0 Å². The lowest BCUT2D eigenvalue weighted by Crippen LogP contribution is -2.24.